The normalized spacial score (nSPS) is 13.7. The molecule has 0 saturated heterocycles. The monoisotopic (exact) mass is 495 g/mol. The number of halogens is 1. The number of nitrogens with zero attached hydrogens (tertiary/aromatic N) is 1. The molecule has 26 heavy (non-hydrogen) atoms. The quantitative estimate of drug-likeness (QED) is 0.330. The molecule has 150 valence electrons. The van der Waals surface area contributed by atoms with Crippen LogP contribution >= 0.6 is 24.0 Å². The minimum absolute atomic E-state index is 0. The lowest BCUT2D eigenvalue weighted by molar-refractivity contribution is 0.560. The van der Waals surface area contributed by atoms with Crippen LogP contribution in [0.15, 0.2) is 35.3 Å². The largest absolute Gasteiger partial charge is 0.357 e. The third-order valence-corrected chi connectivity index (χ3v) is 6.59. The fraction of sp³-hybridized carbons (Fsp3) is 0.632. The molecular weight excluding hydrogens is 461 g/mol. The predicted octanol–water partition coefficient (Wildman–Crippen LogP) is 3.39. The lowest BCUT2D eigenvalue weighted by Crippen LogP contribution is -2.42. The van der Waals surface area contributed by atoms with E-state index >= 15 is 0 Å². The van der Waals surface area contributed by atoms with E-state index in [9.17, 15) is 8.42 Å². The van der Waals surface area contributed by atoms with Crippen molar-refractivity contribution in [2.75, 3.05) is 18.8 Å². The van der Waals surface area contributed by atoms with E-state index < -0.39 is 14.6 Å². The molecule has 0 aromatic heterocycles. The molecule has 1 atom stereocenters. The minimum atomic E-state index is -3.15. The van der Waals surface area contributed by atoms with Crippen LogP contribution in [0.3, 0.4) is 0 Å². The fourth-order valence-corrected chi connectivity index (χ4v) is 3.18. The number of rotatable bonds is 8. The Balaban J connectivity index is 0.00000625. The second kappa shape index (κ2) is 11.8. The summed E-state index contributed by atoms with van der Waals surface area (Å²) >= 11 is 0. The molecule has 0 saturated carbocycles. The number of benzene rings is 1. The molecule has 0 bridgehead atoms. The lowest BCUT2D eigenvalue weighted by Gasteiger charge is -2.20. The van der Waals surface area contributed by atoms with E-state index in [2.05, 4.69) is 46.8 Å². The van der Waals surface area contributed by atoms with Crippen molar-refractivity contribution in [2.45, 2.75) is 58.2 Å². The number of aliphatic imine (C=N–C) groups is 1. The Bertz CT molecular complexity index is 640. The average Bonchev–Trinajstić information content (AvgIpc) is 2.53. The maximum Gasteiger partial charge on any atom is 0.191 e. The van der Waals surface area contributed by atoms with Crippen LogP contribution in [0.5, 0.6) is 0 Å². The summed E-state index contributed by atoms with van der Waals surface area (Å²) in [5.41, 5.74) is 1.31. The molecule has 0 aliphatic heterocycles. The maximum atomic E-state index is 12.2. The minimum Gasteiger partial charge on any atom is -0.357 e. The van der Waals surface area contributed by atoms with Crippen molar-refractivity contribution in [3.05, 3.63) is 35.9 Å². The third-order valence-electron chi connectivity index (χ3n) is 4.00. The lowest BCUT2D eigenvalue weighted by atomic mass is 10.1. The molecule has 0 radical (unpaired) electrons. The molecule has 1 unspecified atom stereocenters. The number of aryl methyl sites for hydroxylation is 1. The molecule has 0 aliphatic carbocycles. The van der Waals surface area contributed by atoms with Gasteiger partial charge in [0.1, 0.15) is 0 Å². The van der Waals surface area contributed by atoms with E-state index in [0.29, 0.717) is 5.96 Å². The highest BCUT2D eigenvalue weighted by atomic mass is 127. The van der Waals surface area contributed by atoms with Gasteiger partial charge in [-0.3, -0.25) is 4.99 Å². The van der Waals surface area contributed by atoms with Crippen molar-refractivity contribution < 1.29 is 8.42 Å². The second-order valence-electron chi connectivity index (χ2n) is 7.26. The van der Waals surface area contributed by atoms with Gasteiger partial charge in [-0.25, -0.2) is 8.42 Å². The summed E-state index contributed by atoms with van der Waals surface area (Å²) in [5, 5.41) is 6.54. The van der Waals surface area contributed by atoms with Crippen molar-refractivity contribution >= 4 is 39.8 Å². The van der Waals surface area contributed by atoms with Crippen molar-refractivity contribution in [1.29, 1.82) is 0 Å². The first-order chi connectivity index (χ1) is 11.7. The van der Waals surface area contributed by atoms with Crippen molar-refractivity contribution in [3.63, 3.8) is 0 Å². The van der Waals surface area contributed by atoms with Gasteiger partial charge in [-0.1, -0.05) is 30.3 Å². The van der Waals surface area contributed by atoms with Crippen LogP contribution in [0.1, 0.15) is 46.6 Å². The van der Waals surface area contributed by atoms with E-state index in [4.69, 9.17) is 0 Å². The van der Waals surface area contributed by atoms with E-state index in [0.717, 1.165) is 19.4 Å². The summed E-state index contributed by atoms with van der Waals surface area (Å²) in [7, 11) is -3.15. The predicted molar refractivity (Wildman–Crippen MR) is 122 cm³/mol. The fourth-order valence-electron chi connectivity index (χ4n) is 2.24. The topological polar surface area (TPSA) is 70.6 Å². The molecule has 1 aromatic rings. The van der Waals surface area contributed by atoms with Crippen molar-refractivity contribution in [1.82, 2.24) is 10.6 Å². The Morgan fingerprint density at radius 2 is 1.81 bits per heavy atom. The third kappa shape index (κ3) is 9.21. The van der Waals surface area contributed by atoms with Crippen LogP contribution in [0.4, 0.5) is 0 Å². The summed E-state index contributed by atoms with van der Waals surface area (Å²) < 4.78 is 23.6. The zero-order valence-corrected chi connectivity index (χ0v) is 19.7. The van der Waals surface area contributed by atoms with Crippen LogP contribution in [0, 0.1) is 0 Å². The van der Waals surface area contributed by atoms with Gasteiger partial charge in [0.05, 0.1) is 17.0 Å². The molecule has 0 heterocycles. The second-order valence-corrected chi connectivity index (χ2v) is 10.1. The molecule has 0 spiro atoms. The summed E-state index contributed by atoms with van der Waals surface area (Å²) in [6.45, 7) is 10.3. The molecule has 2 N–H and O–H groups in total. The Kier molecular flexibility index (Phi) is 11.4. The highest BCUT2D eigenvalue weighted by Gasteiger charge is 2.28. The number of sulfone groups is 1. The average molecular weight is 495 g/mol. The summed E-state index contributed by atoms with van der Waals surface area (Å²) in [6, 6.07) is 10.6. The van der Waals surface area contributed by atoms with Crippen LogP contribution in [-0.2, 0) is 16.3 Å². The first-order valence-electron chi connectivity index (χ1n) is 8.97. The van der Waals surface area contributed by atoms with Crippen LogP contribution < -0.4 is 10.6 Å². The molecule has 0 fully saturated rings. The van der Waals surface area contributed by atoms with Crippen LogP contribution in [-0.4, -0.2) is 44.0 Å². The summed E-state index contributed by atoms with van der Waals surface area (Å²) in [5.74, 6) is 0.734. The van der Waals surface area contributed by atoms with Gasteiger partial charge in [0, 0.05) is 12.6 Å². The smallest absolute Gasteiger partial charge is 0.191 e. The van der Waals surface area contributed by atoms with Crippen molar-refractivity contribution in [3.8, 4) is 0 Å². The Morgan fingerprint density at radius 3 is 2.35 bits per heavy atom. The Morgan fingerprint density at radius 1 is 1.19 bits per heavy atom. The van der Waals surface area contributed by atoms with E-state index in [-0.39, 0.29) is 42.3 Å². The Labute approximate surface area is 176 Å². The summed E-state index contributed by atoms with van der Waals surface area (Å²) in [4.78, 5) is 4.42. The van der Waals surface area contributed by atoms with Crippen LogP contribution in [0.25, 0.3) is 0 Å². The van der Waals surface area contributed by atoms with Gasteiger partial charge in [-0.15, -0.1) is 24.0 Å². The molecular formula is C19H34IN3O2S. The number of nitrogens with one attached hydrogen (secondary N) is 2. The highest BCUT2D eigenvalue weighted by Crippen LogP contribution is 2.15. The van der Waals surface area contributed by atoms with Gasteiger partial charge in [0.15, 0.2) is 15.8 Å². The molecule has 1 aromatic carbocycles. The maximum absolute atomic E-state index is 12.2. The number of guanidine groups is 1. The van der Waals surface area contributed by atoms with Gasteiger partial charge in [-0.05, 0) is 53.0 Å². The van der Waals surface area contributed by atoms with Gasteiger partial charge in [-0.2, -0.15) is 0 Å². The molecule has 0 amide bonds. The summed E-state index contributed by atoms with van der Waals surface area (Å²) in [6.07, 6.45) is 1.97. The van der Waals surface area contributed by atoms with E-state index in [1.807, 2.05) is 13.0 Å². The first-order valence-corrected chi connectivity index (χ1v) is 10.6. The first kappa shape index (κ1) is 25.2. The van der Waals surface area contributed by atoms with E-state index in [1.54, 1.807) is 20.8 Å². The van der Waals surface area contributed by atoms with Gasteiger partial charge in [0.2, 0.25) is 0 Å². The molecule has 0 aliphatic rings. The zero-order chi connectivity index (χ0) is 18.9. The van der Waals surface area contributed by atoms with Gasteiger partial charge in [0.25, 0.3) is 0 Å². The molecule has 5 nitrogen and oxygen atoms in total. The number of hydrogen-bond acceptors (Lipinski definition) is 3. The number of hydrogen-bond donors (Lipinski definition) is 2. The van der Waals surface area contributed by atoms with Crippen molar-refractivity contribution in [2.24, 2.45) is 4.99 Å². The molecule has 1 rings (SSSR count). The van der Waals surface area contributed by atoms with Crippen LogP contribution in [0.2, 0.25) is 0 Å². The highest BCUT2D eigenvalue weighted by molar-refractivity contribution is 14.0. The van der Waals surface area contributed by atoms with Gasteiger partial charge >= 0.3 is 0 Å². The SMILES string of the molecule is CCNC(=NCCS(=O)(=O)C(C)(C)C)NC(C)CCc1ccccc1.I. The van der Waals surface area contributed by atoms with E-state index in [1.165, 1.54) is 5.56 Å². The standard InChI is InChI=1S/C19H33N3O2S.HI/c1-6-20-18(21-14-15-25(23,24)19(3,4)5)22-16(2)12-13-17-10-8-7-9-11-17;/h7-11,16H,6,12-15H2,1-5H3,(H2,20,21,22);1H. The Hall–Kier alpha value is -0.830. The molecule has 7 heteroatoms. The zero-order valence-electron chi connectivity index (χ0n) is 16.6. The van der Waals surface area contributed by atoms with Gasteiger partial charge < -0.3 is 10.6 Å².